The van der Waals surface area contributed by atoms with Crippen molar-refractivity contribution in [1.29, 1.82) is 0 Å². The number of hydrogen-bond donors (Lipinski definition) is 2. The Balaban J connectivity index is 1.97. The summed E-state index contributed by atoms with van der Waals surface area (Å²) in [5, 5.41) is 5.62. The molecule has 0 aliphatic carbocycles. The Kier molecular flexibility index (Phi) is 3.41. The van der Waals surface area contributed by atoms with Crippen LogP contribution in [0.5, 0.6) is 0 Å². The SMILES string of the molecule is O=C(CC1CNC1)Nc1cccc(Cl)c1F. The summed E-state index contributed by atoms with van der Waals surface area (Å²) >= 11 is 5.61. The van der Waals surface area contributed by atoms with Crippen LogP contribution in [-0.2, 0) is 4.79 Å². The molecule has 0 atom stereocenters. The number of carbonyl (C=O) groups is 1. The van der Waals surface area contributed by atoms with E-state index in [4.69, 9.17) is 11.6 Å². The molecule has 86 valence electrons. The van der Waals surface area contributed by atoms with Crippen LogP contribution in [0.1, 0.15) is 6.42 Å². The summed E-state index contributed by atoms with van der Waals surface area (Å²) in [7, 11) is 0. The third-order valence-electron chi connectivity index (χ3n) is 2.57. The van der Waals surface area contributed by atoms with E-state index in [-0.39, 0.29) is 16.6 Å². The van der Waals surface area contributed by atoms with Gasteiger partial charge in [-0.15, -0.1) is 0 Å². The van der Waals surface area contributed by atoms with Gasteiger partial charge in [0.25, 0.3) is 0 Å². The summed E-state index contributed by atoms with van der Waals surface area (Å²) in [6, 6.07) is 4.55. The molecule has 2 rings (SSSR count). The highest BCUT2D eigenvalue weighted by Gasteiger charge is 2.20. The minimum absolute atomic E-state index is 0.0168. The zero-order valence-corrected chi connectivity index (χ0v) is 9.35. The first-order valence-corrected chi connectivity index (χ1v) is 5.49. The molecule has 0 aromatic heterocycles. The predicted octanol–water partition coefficient (Wildman–Crippen LogP) is 2.03. The van der Waals surface area contributed by atoms with E-state index in [0.717, 1.165) is 13.1 Å². The summed E-state index contributed by atoms with van der Waals surface area (Å²) in [5.41, 5.74) is 0.143. The molecule has 3 nitrogen and oxygen atoms in total. The fourth-order valence-electron chi connectivity index (χ4n) is 1.56. The van der Waals surface area contributed by atoms with Crippen molar-refractivity contribution in [2.75, 3.05) is 18.4 Å². The monoisotopic (exact) mass is 242 g/mol. The second-order valence-corrected chi connectivity index (χ2v) is 4.29. The van der Waals surface area contributed by atoms with Gasteiger partial charge in [-0.2, -0.15) is 0 Å². The van der Waals surface area contributed by atoms with Crippen LogP contribution in [-0.4, -0.2) is 19.0 Å². The summed E-state index contributed by atoms with van der Waals surface area (Å²) in [4.78, 5) is 11.5. The lowest BCUT2D eigenvalue weighted by Gasteiger charge is -2.26. The Morgan fingerprint density at radius 2 is 2.31 bits per heavy atom. The van der Waals surface area contributed by atoms with Crippen molar-refractivity contribution in [3.05, 3.63) is 29.0 Å². The van der Waals surface area contributed by atoms with E-state index in [1.165, 1.54) is 12.1 Å². The van der Waals surface area contributed by atoms with Crippen molar-refractivity contribution in [3.63, 3.8) is 0 Å². The molecular weight excluding hydrogens is 231 g/mol. The van der Waals surface area contributed by atoms with Crippen molar-refractivity contribution in [1.82, 2.24) is 5.32 Å². The molecule has 1 aromatic rings. The van der Waals surface area contributed by atoms with Gasteiger partial charge in [0, 0.05) is 6.42 Å². The van der Waals surface area contributed by atoms with E-state index in [9.17, 15) is 9.18 Å². The second-order valence-electron chi connectivity index (χ2n) is 3.88. The van der Waals surface area contributed by atoms with Crippen LogP contribution in [0.25, 0.3) is 0 Å². The number of halogens is 2. The van der Waals surface area contributed by atoms with E-state index >= 15 is 0 Å². The normalized spacial score (nSPS) is 15.6. The highest BCUT2D eigenvalue weighted by atomic mass is 35.5. The molecule has 1 amide bonds. The molecule has 16 heavy (non-hydrogen) atoms. The number of nitrogens with one attached hydrogen (secondary N) is 2. The predicted molar refractivity (Wildman–Crippen MR) is 61.0 cm³/mol. The average Bonchev–Trinajstić information content (AvgIpc) is 2.19. The maximum atomic E-state index is 13.4. The molecule has 5 heteroatoms. The first-order chi connectivity index (χ1) is 7.66. The molecule has 1 fully saturated rings. The van der Waals surface area contributed by atoms with Crippen molar-refractivity contribution >= 4 is 23.2 Å². The summed E-state index contributed by atoms with van der Waals surface area (Å²) in [5.74, 6) is -0.390. The smallest absolute Gasteiger partial charge is 0.224 e. The maximum Gasteiger partial charge on any atom is 0.224 e. The molecule has 0 spiro atoms. The van der Waals surface area contributed by atoms with Crippen LogP contribution in [0.15, 0.2) is 18.2 Å². The zero-order valence-electron chi connectivity index (χ0n) is 8.59. The number of hydrogen-bond acceptors (Lipinski definition) is 2. The van der Waals surface area contributed by atoms with E-state index in [2.05, 4.69) is 10.6 Å². The molecular formula is C11H12ClFN2O. The van der Waals surface area contributed by atoms with Crippen LogP contribution in [0.2, 0.25) is 5.02 Å². The molecule has 1 aliphatic heterocycles. The number of carbonyl (C=O) groups excluding carboxylic acids is 1. The number of amides is 1. The Bertz CT molecular complexity index is 407. The third-order valence-corrected chi connectivity index (χ3v) is 2.86. The van der Waals surface area contributed by atoms with Crippen LogP contribution < -0.4 is 10.6 Å². The molecule has 1 heterocycles. The van der Waals surface area contributed by atoms with Gasteiger partial charge in [-0.1, -0.05) is 17.7 Å². The minimum Gasteiger partial charge on any atom is -0.324 e. The minimum atomic E-state index is -0.579. The van der Waals surface area contributed by atoms with E-state index in [1.54, 1.807) is 6.07 Å². The van der Waals surface area contributed by atoms with E-state index < -0.39 is 5.82 Å². The summed E-state index contributed by atoms with van der Waals surface area (Å²) < 4.78 is 13.4. The fraction of sp³-hybridized carbons (Fsp3) is 0.364. The van der Waals surface area contributed by atoms with Gasteiger partial charge in [0.05, 0.1) is 10.7 Å². The lowest BCUT2D eigenvalue weighted by molar-refractivity contribution is -0.117. The molecule has 1 aliphatic rings. The fourth-order valence-corrected chi connectivity index (χ4v) is 1.73. The highest BCUT2D eigenvalue weighted by Crippen LogP contribution is 2.22. The maximum absolute atomic E-state index is 13.4. The topological polar surface area (TPSA) is 41.1 Å². The Morgan fingerprint density at radius 1 is 1.56 bits per heavy atom. The second kappa shape index (κ2) is 4.80. The van der Waals surface area contributed by atoms with E-state index in [0.29, 0.717) is 12.3 Å². The summed E-state index contributed by atoms with van der Waals surface area (Å²) in [6.45, 7) is 1.71. The van der Waals surface area contributed by atoms with Gasteiger partial charge < -0.3 is 10.6 Å². The molecule has 0 bridgehead atoms. The van der Waals surface area contributed by atoms with Crippen molar-refractivity contribution in [2.24, 2.45) is 5.92 Å². The Morgan fingerprint density at radius 3 is 2.94 bits per heavy atom. The van der Waals surface area contributed by atoms with Crippen LogP contribution in [0.4, 0.5) is 10.1 Å². The van der Waals surface area contributed by atoms with Gasteiger partial charge >= 0.3 is 0 Å². The van der Waals surface area contributed by atoms with Gasteiger partial charge in [-0.25, -0.2) is 4.39 Å². The van der Waals surface area contributed by atoms with Crippen LogP contribution in [0, 0.1) is 11.7 Å². The molecule has 1 aromatic carbocycles. The largest absolute Gasteiger partial charge is 0.324 e. The lowest BCUT2D eigenvalue weighted by Crippen LogP contribution is -2.43. The standard InChI is InChI=1S/C11H12ClFN2O/c12-8-2-1-3-9(11(8)13)15-10(16)4-7-5-14-6-7/h1-3,7,14H,4-6H2,(H,15,16). The first kappa shape index (κ1) is 11.4. The number of benzene rings is 1. The molecule has 0 saturated carbocycles. The number of rotatable bonds is 3. The van der Waals surface area contributed by atoms with Crippen LogP contribution >= 0.6 is 11.6 Å². The number of anilines is 1. The van der Waals surface area contributed by atoms with Crippen molar-refractivity contribution in [2.45, 2.75) is 6.42 Å². The quantitative estimate of drug-likeness (QED) is 0.852. The molecule has 0 radical (unpaired) electrons. The van der Waals surface area contributed by atoms with Crippen molar-refractivity contribution < 1.29 is 9.18 Å². The zero-order chi connectivity index (χ0) is 11.5. The van der Waals surface area contributed by atoms with Crippen molar-refractivity contribution in [3.8, 4) is 0 Å². The van der Waals surface area contributed by atoms with E-state index in [1.807, 2.05) is 0 Å². The van der Waals surface area contributed by atoms with Gasteiger partial charge in [0.15, 0.2) is 5.82 Å². The van der Waals surface area contributed by atoms with Gasteiger partial charge in [-0.05, 0) is 31.1 Å². The average molecular weight is 243 g/mol. The Labute approximate surface area is 98.0 Å². The van der Waals surface area contributed by atoms with Gasteiger partial charge in [-0.3, -0.25) is 4.79 Å². The van der Waals surface area contributed by atoms with Crippen LogP contribution in [0.3, 0.4) is 0 Å². The molecule has 1 saturated heterocycles. The first-order valence-electron chi connectivity index (χ1n) is 5.11. The van der Waals surface area contributed by atoms with Gasteiger partial charge in [0.1, 0.15) is 0 Å². The lowest BCUT2D eigenvalue weighted by atomic mass is 9.99. The molecule has 0 unspecified atom stereocenters. The molecule has 2 N–H and O–H groups in total. The van der Waals surface area contributed by atoms with Gasteiger partial charge in [0.2, 0.25) is 5.91 Å². The third kappa shape index (κ3) is 2.51. The highest BCUT2D eigenvalue weighted by molar-refractivity contribution is 6.31. The summed E-state index contributed by atoms with van der Waals surface area (Å²) in [6.07, 6.45) is 0.416. The Hall–Kier alpha value is -1.13.